The highest BCUT2D eigenvalue weighted by Gasteiger charge is 2.61. The van der Waals surface area contributed by atoms with Crippen molar-refractivity contribution in [3.8, 4) is 0 Å². The molecule has 0 aromatic rings. The third kappa shape index (κ3) is 1.70. The first-order chi connectivity index (χ1) is 8.40. The zero-order valence-electron chi connectivity index (χ0n) is 12.1. The Morgan fingerprint density at radius 3 is 2.22 bits per heavy atom. The fourth-order valence-corrected chi connectivity index (χ4v) is 3.42. The van der Waals surface area contributed by atoms with E-state index in [1.165, 1.54) is 12.8 Å². The first-order valence-electron chi connectivity index (χ1n) is 7.49. The summed E-state index contributed by atoms with van der Waals surface area (Å²) in [5.41, 5.74) is 0.271. The van der Waals surface area contributed by atoms with Crippen molar-refractivity contribution in [3.05, 3.63) is 0 Å². The summed E-state index contributed by atoms with van der Waals surface area (Å²) in [4.78, 5) is 14.8. The van der Waals surface area contributed by atoms with Crippen molar-refractivity contribution in [3.63, 3.8) is 0 Å². The molecule has 3 fully saturated rings. The molecule has 2 aliphatic carbocycles. The molecule has 0 aromatic carbocycles. The SMILES string of the molecule is CC(C)C1NC2(CC2)C(=O)N1CC1(C(C)C)CC1. The summed E-state index contributed by atoms with van der Waals surface area (Å²) in [6, 6.07) is 0. The minimum absolute atomic E-state index is 0.151. The maximum atomic E-state index is 12.6. The van der Waals surface area contributed by atoms with Gasteiger partial charge in [-0.2, -0.15) is 0 Å². The number of carbonyl (C=O) groups excluding carboxylic acids is 1. The number of amides is 1. The molecule has 3 heteroatoms. The van der Waals surface area contributed by atoms with Crippen molar-refractivity contribution in [2.24, 2.45) is 17.3 Å². The molecule has 1 saturated heterocycles. The van der Waals surface area contributed by atoms with Crippen molar-refractivity contribution in [1.29, 1.82) is 0 Å². The van der Waals surface area contributed by atoms with Gasteiger partial charge in [0.05, 0.1) is 11.7 Å². The number of nitrogens with zero attached hydrogens (tertiary/aromatic N) is 1. The Labute approximate surface area is 110 Å². The van der Waals surface area contributed by atoms with Crippen LogP contribution in [0.2, 0.25) is 0 Å². The second-order valence-electron chi connectivity index (χ2n) is 7.37. The monoisotopic (exact) mass is 250 g/mol. The van der Waals surface area contributed by atoms with E-state index in [0.717, 1.165) is 19.4 Å². The van der Waals surface area contributed by atoms with E-state index >= 15 is 0 Å². The molecule has 1 heterocycles. The molecule has 0 bridgehead atoms. The molecule has 3 nitrogen and oxygen atoms in total. The van der Waals surface area contributed by atoms with Crippen molar-refractivity contribution in [2.75, 3.05) is 6.54 Å². The maximum Gasteiger partial charge on any atom is 0.244 e. The lowest BCUT2D eigenvalue weighted by molar-refractivity contribution is -0.132. The van der Waals surface area contributed by atoms with Gasteiger partial charge < -0.3 is 4.90 Å². The summed E-state index contributed by atoms with van der Waals surface area (Å²) in [7, 11) is 0. The van der Waals surface area contributed by atoms with Crippen molar-refractivity contribution >= 4 is 5.91 Å². The largest absolute Gasteiger partial charge is 0.325 e. The molecule has 18 heavy (non-hydrogen) atoms. The Balaban J connectivity index is 1.78. The standard InChI is InChI=1S/C15H26N2O/c1-10(2)12-16-15(7-8-15)13(18)17(12)9-14(5-6-14)11(3)4/h10-12,16H,5-9H2,1-4H3. The van der Waals surface area contributed by atoms with Gasteiger partial charge in [-0.15, -0.1) is 0 Å². The summed E-state index contributed by atoms with van der Waals surface area (Å²) in [6.45, 7) is 10.0. The molecular weight excluding hydrogens is 224 g/mol. The van der Waals surface area contributed by atoms with Crippen LogP contribution < -0.4 is 5.32 Å². The minimum atomic E-state index is -0.151. The molecule has 1 atom stereocenters. The van der Waals surface area contributed by atoms with Gasteiger partial charge in [-0.3, -0.25) is 10.1 Å². The Morgan fingerprint density at radius 1 is 1.22 bits per heavy atom. The predicted molar refractivity (Wildman–Crippen MR) is 71.9 cm³/mol. The van der Waals surface area contributed by atoms with E-state index in [1.807, 2.05) is 0 Å². The molecule has 0 radical (unpaired) electrons. The second kappa shape index (κ2) is 3.72. The number of carbonyl (C=O) groups is 1. The van der Waals surface area contributed by atoms with Crippen LogP contribution in [0.4, 0.5) is 0 Å². The Hall–Kier alpha value is -0.570. The van der Waals surface area contributed by atoms with E-state index in [0.29, 0.717) is 23.2 Å². The highest BCUT2D eigenvalue weighted by Crippen LogP contribution is 2.54. The smallest absolute Gasteiger partial charge is 0.244 e. The van der Waals surface area contributed by atoms with Gasteiger partial charge in [0.1, 0.15) is 0 Å². The number of hydrogen-bond donors (Lipinski definition) is 1. The first kappa shape index (κ1) is 12.5. The van der Waals surface area contributed by atoms with Gasteiger partial charge in [-0.05, 0) is 42.9 Å². The van der Waals surface area contributed by atoms with Gasteiger partial charge in [0.25, 0.3) is 0 Å². The first-order valence-corrected chi connectivity index (χ1v) is 7.49. The lowest BCUT2D eigenvalue weighted by Crippen LogP contribution is -2.45. The summed E-state index contributed by atoms with van der Waals surface area (Å²) >= 11 is 0. The molecule has 3 aliphatic rings. The van der Waals surface area contributed by atoms with E-state index in [1.54, 1.807) is 0 Å². The average Bonchev–Trinajstić information content (AvgIpc) is 3.17. The van der Waals surface area contributed by atoms with Gasteiger partial charge in [0.2, 0.25) is 5.91 Å². The van der Waals surface area contributed by atoms with Crippen LogP contribution in [0.25, 0.3) is 0 Å². The van der Waals surface area contributed by atoms with Crippen molar-refractivity contribution in [1.82, 2.24) is 10.2 Å². The lowest BCUT2D eigenvalue weighted by atomic mass is 9.91. The second-order valence-corrected chi connectivity index (χ2v) is 7.37. The van der Waals surface area contributed by atoms with Crippen LogP contribution in [0.3, 0.4) is 0 Å². The minimum Gasteiger partial charge on any atom is -0.325 e. The maximum absolute atomic E-state index is 12.6. The summed E-state index contributed by atoms with van der Waals surface area (Å²) in [5.74, 6) is 1.57. The van der Waals surface area contributed by atoms with Gasteiger partial charge in [-0.1, -0.05) is 27.7 Å². The Kier molecular flexibility index (Phi) is 2.58. The molecule has 3 rings (SSSR count). The Morgan fingerprint density at radius 2 is 1.83 bits per heavy atom. The summed E-state index contributed by atoms with van der Waals surface area (Å²) in [5, 5.41) is 3.61. The van der Waals surface area contributed by atoms with Crippen LogP contribution >= 0.6 is 0 Å². The number of hydrogen-bond acceptors (Lipinski definition) is 2. The molecule has 1 spiro atoms. The fraction of sp³-hybridized carbons (Fsp3) is 0.933. The molecule has 102 valence electrons. The predicted octanol–water partition coefficient (Wildman–Crippen LogP) is 2.37. The zero-order chi connectivity index (χ0) is 13.1. The molecule has 0 aromatic heterocycles. The molecule has 1 aliphatic heterocycles. The van der Waals surface area contributed by atoms with Gasteiger partial charge >= 0.3 is 0 Å². The van der Waals surface area contributed by atoms with Gasteiger partial charge in [0, 0.05) is 6.54 Å². The number of rotatable bonds is 4. The normalized spacial score (nSPS) is 31.8. The lowest BCUT2D eigenvalue weighted by Gasteiger charge is -2.32. The van der Waals surface area contributed by atoms with Gasteiger partial charge in [0.15, 0.2) is 0 Å². The third-order valence-corrected chi connectivity index (χ3v) is 5.41. The number of nitrogens with one attached hydrogen (secondary N) is 1. The zero-order valence-corrected chi connectivity index (χ0v) is 12.1. The molecular formula is C15H26N2O. The molecule has 1 N–H and O–H groups in total. The van der Waals surface area contributed by atoms with E-state index in [2.05, 4.69) is 37.9 Å². The third-order valence-electron chi connectivity index (χ3n) is 5.41. The van der Waals surface area contributed by atoms with Crippen LogP contribution in [-0.2, 0) is 4.79 Å². The Bertz CT molecular complexity index is 367. The van der Waals surface area contributed by atoms with E-state index in [9.17, 15) is 4.79 Å². The molecule has 1 amide bonds. The fourth-order valence-electron chi connectivity index (χ4n) is 3.42. The highest BCUT2D eigenvalue weighted by atomic mass is 16.2. The van der Waals surface area contributed by atoms with E-state index < -0.39 is 0 Å². The highest BCUT2D eigenvalue weighted by molar-refractivity contribution is 5.91. The quantitative estimate of drug-likeness (QED) is 0.831. The van der Waals surface area contributed by atoms with Crippen LogP contribution in [0.1, 0.15) is 53.4 Å². The molecule has 1 unspecified atom stereocenters. The topological polar surface area (TPSA) is 32.3 Å². The van der Waals surface area contributed by atoms with Crippen molar-refractivity contribution < 1.29 is 4.79 Å². The van der Waals surface area contributed by atoms with Crippen molar-refractivity contribution in [2.45, 2.75) is 65.1 Å². The van der Waals surface area contributed by atoms with Crippen LogP contribution in [-0.4, -0.2) is 29.1 Å². The molecule has 2 saturated carbocycles. The van der Waals surface area contributed by atoms with Crippen LogP contribution in [0, 0.1) is 17.3 Å². The summed E-state index contributed by atoms with van der Waals surface area (Å²) < 4.78 is 0. The van der Waals surface area contributed by atoms with Gasteiger partial charge in [-0.25, -0.2) is 0 Å². The van der Waals surface area contributed by atoms with Crippen LogP contribution in [0.15, 0.2) is 0 Å². The van der Waals surface area contributed by atoms with E-state index in [4.69, 9.17) is 0 Å². The summed E-state index contributed by atoms with van der Waals surface area (Å²) in [6.07, 6.45) is 4.94. The average molecular weight is 250 g/mol. The van der Waals surface area contributed by atoms with E-state index in [-0.39, 0.29) is 11.7 Å². The van der Waals surface area contributed by atoms with Crippen LogP contribution in [0.5, 0.6) is 0 Å².